The van der Waals surface area contributed by atoms with Crippen LogP contribution in [0.25, 0.3) is 22.3 Å². The van der Waals surface area contributed by atoms with E-state index in [1.165, 1.54) is 0 Å². The molecule has 132 valence electrons. The molecule has 0 saturated heterocycles. The number of nitrogens with zero attached hydrogens (tertiary/aromatic N) is 1. The van der Waals surface area contributed by atoms with E-state index < -0.39 is 0 Å². The molecule has 0 radical (unpaired) electrons. The molecule has 0 fully saturated rings. The summed E-state index contributed by atoms with van der Waals surface area (Å²) in [4.78, 5) is 0. The van der Waals surface area contributed by atoms with Gasteiger partial charge < -0.3 is 16.0 Å². The number of amidine groups is 1. The number of oxime groups is 1. The standard InChI is InChI=1S/C21H19ClN2O2/c1-12-5-3-4-6-16(12)20-17(14-7-8-19(25)13(2)9-14)10-15(22)11-18(20)21(23)24-26/h3-11,25-26H,1-2H3,(H2,23,24). The van der Waals surface area contributed by atoms with Crippen molar-refractivity contribution in [2.24, 2.45) is 10.9 Å². The molecule has 4 nitrogen and oxygen atoms in total. The number of aryl methyl sites for hydroxylation is 2. The van der Waals surface area contributed by atoms with Gasteiger partial charge in [-0.2, -0.15) is 0 Å². The molecular weight excluding hydrogens is 348 g/mol. The van der Waals surface area contributed by atoms with Gasteiger partial charge in [0.05, 0.1) is 0 Å². The molecule has 0 saturated carbocycles. The summed E-state index contributed by atoms with van der Waals surface area (Å²) < 4.78 is 0. The molecule has 3 rings (SSSR count). The van der Waals surface area contributed by atoms with E-state index >= 15 is 0 Å². The first kappa shape index (κ1) is 17.8. The Kier molecular flexibility index (Phi) is 4.87. The van der Waals surface area contributed by atoms with Gasteiger partial charge in [-0.1, -0.05) is 47.1 Å². The maximum absolute atomic E-state index is 9.86. The number of hydrogen-bond acceptors (Lipinski definition) is 3. The molecule has 0 aliphatic rings. The zero-order valence-electron chi connectivity index (χ0n) is 14.5. The summed E-state index contributed by atoms with van der Waals surface area (Å²) in [5, 5.41) is 22.8. The smallest absolute Gasteiger partial charge is 0.170 e. The summed E-state index contributed by atoms with van der Waals surface area (Å²) in [6.07, 6.45) is 0. The minimum Gasteiger partial charge on any atom is -0.508 e. The number of nitrogens with two attached hydrogens (primary N) is 1. The maximum Gasteiger partial charge on any atom is 0.170 e. The van der Waals surface area contributed by atoms with Gasteiger partial charge in [0.25, 0.3) is 0 Å². The van der Waals surface area contributed by atoms with Crippen molar-refractivity contribution < 1.29 is 10.3 Å². The van der Waals surface area contributed by atoms with Crippen LogP contribution in [0.1, 0.15) is 16.7 Å². The second kappa shape index (κ2) is 7.10. The Labute approximate surface area is 157 Å². The Morgan fingerprint density at radius 3 is 2.35 bits per heavy atom. The van der Waals surface area contributed by atoms with Crippen LogP contribution in [-0.4, -0.2) is 16.1 Å². The fraction of sp³-hybridized carbons (Fsp3) is 0.0952. The molecule has 0 aliphatic carbocycles. The van der Waals surface area contributed by atoms with E-state index in [0.29, 0.717) is 10.6 Å². The van der Waals surface area contributed by atoms with Gasteiger partial charge in [0.15, 0.2) is 5.84 Å². The molecule has 3 aromatic rings. The molecule has 0 heterocycles. The Morgan fingerprint density at radius 1 is 0.962 bits per heavy atom. The number of aromatic hydroxyl groups is 1. The van der Waals surface area contributed by atoms with Crippen LogP contribution >= 0.6 is 11.6 Å². The molecule has 0 spiro atoms. The quantitative estimate of drug-likeness (QED) is 0.261. The molecule has 26 heavy (non-hydrogen) atoms. The molecule has 0 amide bonds. The van der Waals surface area contributed by atoms with Gasteiger partial charge in [0, 0.05) is 16.1 Å². The minimum absolute atomic E-state index is 0.0116. The molecular formula is C21H19ClN2O2. The molecule has 0 aliphatic heterocycles. The molecule has 0 atom stereocenters. The Hall–Kier alpha value is -2.98. The lowest BCUT2D eigenvalue weighted by Gasteiger charge is -2.18. The van der Waals surface area contributed by atoms with Gasteiger partial charge in [-0.25, -0.2) is 0 Å². The third kappa shape index (κ3) is 3.24. The van der Waals surface area contributed by atoms with Crippen molar-refractivity contribution in [1.82, 2.24) is 0 Å². The zero-order chi connectivity index (χ0) is 18.8. The molecule has 3 aromatic carbocycles. The second-order valence-corrected chi connectivity index (χ2v) is 6.61. The minimum atomic E-state index is -0.0116. The number of phenols is 1. The van der Waals surface area contributed by atoms with Crippen LogP contribution in [0, 0.1) is 13.8 Å². The van der Waals surface area contributed by atoms with Crippen LogP contribution < -0.4 is 5.73 Å². The normalized spacial score (nSPS) is 11.6. The number of hydrogen-bond donors (Lipinski definition) is 3. The summed E-state index contributed by atoms with van der Waals surface area (Å²) in [7, 11) is 0. The van der Waals surface area contributed by atoms with Gasteiger partial charge in [0.1, 0.15) is 5.75 Å². The lowest BCUT2D eigenvalue weighted by Crippen LogP contribution is -2.15. The molecule has 4 N–H and O–H groups in total. The van der Waals surface area contributed by atoms with E-state index in [1.807, 2.05) is 56.3 Å². The predicted octanol–water partition coefficient (Wildman–Crippen LogP) is 5.09. The van der Waals surface area contributed by atoms with Crippen LogP contribution in [0.3, 0.4) is 0 Å². The summed E-state index contributed by atoms with van der Waals surface area (Å²) in [5.74, 6) is 0.215. The molecule has 0 bridgehead atoms. The summed E-state index contributed by atoms with van der Waals surface area (Å²) in [6, 6.07) is 16.8. The van der Waals surface area contributed by atoms with Crippen LogP contribution in [0.2, 0.25) is 5.02 Å². The highest BCUT2D eigenvalue weighted by Crippen LogP contribution is 2.39. The van der Waals surface area contributed by atoms with Gasteiger partial charge in [-0.15, -0.1) is 0 Å². The van der Waals surface area contributed by atoms with Gasteiger partial charge in [-0.3, -0.25) is 0 Å². The van der Waals surface area contributed by atoms with E-state index in [1.54, 1.807) is 12.1 Å². The topological polar surface area (TPSA) is 78.8 Å². The van der Waals surface area contributed by atoms with Crippen molar-refractivity contribution in [3.63, 3.8) is 0 Å². The Bertz CT molecular complexity index is 1010. The molecule has 0 aromatic heterocycles. The van der Waals surface area contributed by atoms with E-state index in [2.05, 4.69) is 5.16 Å². The third-order valence-corrected chi connectivity index (χ3v) is 4.63. The average Bonchev–Trinajstić information content (AvgIpc) is 2.63. The Morgan fingerprint density at radius 2 is 1.69 bits per heavy atom. The lowest BCUT2D eigenvalue weighted by atomic mass is 9.87. The van der Waals surface area contributed by atoms with E-state index in [0.717, 1.165) is 33.4 Å². The largest absolute Gasteiger partial charge is 0.508 e. The van der Waals surface area contributed by atoms with Crippen molar-refractivity contribution in [1.29, 1.82) is 0 Å². The summed E-state index contributed by atoms with van der Waals surface area (Å²) in [6.45, 7) is 3.84. The molecule has 5 heteroatoms. The average molecular weight is 367 g/mol. The van der Waals surface area contributed by atoms with Gasteiger partial charge in [-0.05, 0) is 65.9 Å². The fourth-order valence-corrected chi connectivity index (χ4v) is 3.28. The van der Waals surface area contributed by atoms with E-state index in [-0.39, 0.29) is 11.6 Å². The van der Waals surface area contributed by atoms with Crippen molar-refractivity contribution in [2.45, 2.75) is 13.8 Å². The van der Waals surface area contributed by atoms with Crippen LogP contribution in [0.5, 0.6) is 5.75 Å². The maximum atomic E-state index is 9.86. The monoisotopic (exact) mass is 366 g/mol. The lowest BCUT2D eigenvalue weighted by molar-refractivity contribution is 0.318. The first-order chi connectivity index (χ1) is 12.4. The number of benzene rings is 3. The van der Waals surface area contributed by atoms with E-state index in [9.17, 15) is 10.3 Å². The number of phenolic OH excluding ortho intramolecular Hbond substituents is 1. The van der Waals surface area contributed by atoms with E-state index in [4.69, 9.17) is 17.3 Å². The van der Waals surface area contributed by atoms with Gasteiger partial charge >= 0.3 is 0 Å². The van der Waals surface area contributed by atoms with Crippen molar-refractivity contribution in [2.75, 3.05) is 0 Å². The van der Waals surface area contributed by atoms with Crippen molar-refractivity contribution >= 4 is 17.4 Å². The first-order valence-corrected chi connectivity index (χ1v) is 8.47. The highest BCUT2D eigenvalue weighted by Gasteiger charge is 2.18. The second-order valence-electron chi connectivity index (χ2n) is 6.18. The predicted molar refractivity (Wildman–Crippen MR) is 106 cm³/mol. The highest BCUT2D eigenvalue weighted by molar-refractivity contribution is 6.31. The number of rotatable bonds is 3. The van der Waals surface area contributed by atoms with Crippen LogP contribution in [-0.2, 0) is 0 Å². The zero-order valence-corrected chi connectivity index (χ0v) is 15.2. The van der Waals surface area contributed by atoms with Crippen molar-refractivity contribution in [3.8, 4) is 28.0 Å². The third-order valence-electron chi connectivity index (χ3n) is 4.41. The first-order valence-electron chi connectivity index (χ1n) is 8.09. The summed E-state index contributed by atoms with van der Waals surface area (Å²) >= 11 is 6.33. The van der Waals surface area contributed by atoms with Crippen LogP contribution in [0.15, 0.2) is 59.8 Å². The Balaban J connectivity index is 2.42. The fourth-order valence-electron chi connectivity index (χ4n) is 3.06. The number of halogens is 1. The summed E-state index contributed by atoms with van der Waals surface area (Å²) in [5.41, 5.74) is 11.8. The van der Waals surface area contributed by atoms with Gasteiger partial charge in [0.2, 0.25) is 0 Å². The highest BCUT2D eigenvalue weighted by atomic mass is 35.5. The van der Waals surface area contributed by atoms with Crippen LogP contribution in [0.4, 0.5) is 0 Å². The SMILES string of the molecule is Cc1cc(-c2cc(Cl)cc(/C(N)=N/O)c2-c2ccccc2C)ccc1O. The molecule has 0 unspecified atom stereocenters. The van der Waals surface area contributed by atoms with Crippen molar-refractivity contribution in [3.05, 3.63) is 76.3 Å².